The Morgan fingerprint density at radius 3 is 2.50 bits per heavy atom. The summed E-state index contributed by atoms with van der Waals surface area (Å²) >= 11 is 1.11. The molecular formula is C12H16N2O6S2. The lowest BCUT2D eigenvalue weighted by Crippen LogP contribution is -2.38. The Bertz CT molecular complexity index is 630. The zero-order valence-electron chi connectivity index (χ0n) is 12.0. The van der Waals surface area contributed by atoms with Crippen molar-refractivity contribution in [2.45, 2.75) is 17.1 Å². The number of rotatable bonds is 8. The third-order valence-electron chi connectivity index (χ3n) is 2.54. The van der Waals surface area contributed by atoms with Gasteiger partial charge in [-0.15, -0.1) is 11.8 Å². The fourth-order valence-corrected chi connectivity index (χ4v) is 3.30. The largest absolute Gasteiger partial charge is 0.384 e. The van der Waals surface area contributed by atoms with Crippen LogP contribution in [0, 0.1) is 10.1 Å². The molecule has 0 bridgehead atoms. The van der Waals surface area contributed by atoms with Crippen molar-refractivity contribution < 1.29 is 22.9 Å². The molecule has 0 aliphatic rings. The molecule has 0 spiro atoms. The zero-order valence-corrected chi connectivity index (χ0v) is 13.6. The monoisotopic (exact) mass is 348 g/mol. The molecule has 0 saturated heterocycles. The van der Waals surface area contributed by atoms with E-state index in [-0.39, 0.29) is 18.0 Å². The average molecular weight is 348 g/mol. The summed E-state index contributed by atoms with van der Waals surface area (Å²) in [5.41, 5.74) is -0.0522. The van der Waals surface area contributed by atoms with Gasteiger partial charge in [-0.3, -0.25) is 19.6 Å². The second kappa shape index (κ2) is 8.11. The molecule has 1 aromatic carbocycles. The molecule has 1 aromatic rings. The van der Waals surface area contributed by atoms with Gasteiger partial charge in [0.2, 0.25) is 15.9 Å². The van der Waals surface area contributed by atoms with E-state index >= 15 is 0 Å². The minimum atomic E-state index is -3.73. The second-order valence-electron chi connectivity index (χ2n) is 4.29. The number of nitro benzene ring substituents is 1. The molecule has 1 atom stereocenters. The molecule has 0 aromatic heterocycles. The molecule has 0 fully saturated rings. The number of nitro groups is 1. The highest BCUT2D eigenvalue weighted by atomic mass is 32.2. The Balaban J connectivity index is 2.62. The van der Waals surface area contributed by atoms with Gasteiger partial charge >= 0.3 is 0 Å². The molecule has 1 amide bonds. The fraction of sp³-hybridized carbons (Fsp3) is 0.417. The molecule has 8 nitrogen and oxygen atoms in total. The summed E-state index contributed by atoms with van der Waals surface area (Å²) in [4.78, 5) is 22.5. The van der Waals surface area contributed by atoms with Gasteiger partial charge < -0.3 is 4.74 Å². The molecule has 22 heavy (non-hydrogen) atoms. The van der Waals surface area contributed by atoms with Crippen LogP contribution in [-0.2, 0) is 19.6 Å². The van der Waals surface area contributed by atoms with E-state index in [1.807, 2.05) is 4.72 Å². The van der Waals surface area contributed by atoms with Crippen molar-refractivity contribution in [1.82, 2.24) is 4.72 Å². The van der Waals surface area contributed by atoms with Crippen LogP contribution in [-0.4, -0.2) is 44.0 Å². The molecule has 10 heteroatoms. The van der Waals surface area contributed by atoms with Crippen molar-refractivity contribution in [3.8, 4) is 0 Å². The number of carbonyl (C=O) groups excluding carboxylic acids is 1. The smallest absolute Gasteiger partial charge is 0.269 e. The Hall–Kier alpha value is -1.65. The normalized spacial score (nSPS) is 12.6. The topological polar surface area (TPSA) is 116 Å². The first-order chi connectivity index (χ1) is 10.2. The number of hydrogen-bond acceptors (Lipinski definition) is 7. The van der Waals surface area contributed by atoms with Crippen LogP contribution < -0.4 is 4.72 Å². The number of amides is 1. The maximum atomic E-state index is 11.8. The predicted octanol–water partition coefficient (Wildman–Crippen LogP) is 1.17. The van der Waals surface area contributed by atoms with E-state index in [0.29, 0.717) is 4.90 Å². The lowest BCUT2D eigenvalue weighted by molar-refractivity contribution is -0.384. The predicted molar refractivity (Wildman–Crippen MR) is 82.2 cm³/mol. The minimum Gasteiger partial charge on any atom is -0.384 e. The van der Waals surface area contributed by atoms with Gasteiger partial charge in [-0.05, 0) is 19.1 Å². The standard InChI is InChI=1S/C12H16N2O6S2/c1-9(12(15)13-22(18,19)8-7-20-2)21-11-5-3-10(4-6-11)14(16)17/h3-6,9H,7-8H2,1-2H3,(H,13,15). The highest BCUT2D eigenvalue weighted by Crippen LogP contribution is 2.25. The van der Waals surface area contributed by atoms with Crippen molar-refractivity contribution in [2.24, 2.45) is 0 Å². The minimum absolute atomic E-state index is 0.00745. The number of ether oxygens (including phenoxy) is 1. The molecule has 0 saturated carbocycles. The van der Waals surface area contributed by atoms with E-state index in [9.17, 15) is 23.3 Å². The molecular weight excluding hydrogens is 332 g/mol. The van der Waals surface area contributed by atoms with Crippen molar-refractivity contribution in [3.63, 3.8) is 0 Å². The summed E-state index contributed by atoms with van der Waals surface area (Å²) in [6, 6.07) is 5.66. The lowest BCUT2D eigenvalue weighted by atomic mass is 10.3. The highest BCUT2D eigenvalue weighted by Gasteiger charge is 2.20. The number of sulfonamides is 1. The van der Waals surface area contributed by atoms with Crippen LogP contribution in [0.4, 0.5) is 5.69 Å². The maximum Gasteiger partial charge on any atom is 0.269 e. The average Bonchev–Trinajstić information content (AvgIpc) is 2.45. The van der Waals surface area contributed by atoms with Crippen LogP contribution >= 0.6 is 11.8 Å². The summed E-state index contributed by atoms with van der Waals surface area (Å²) in [5, 5.41) is 9.88. The van der Waals surface area contributed by atoms with Crippen LogP contribution in [0.25, 0.3) is 0 Å². The van der Waals surface area contributed by atoms with E-state index in [1.54, 1.807) is 6.92 Å². The van der Waals surface area contributed by atoms with Crippen LogP contribution in [0.3, 0.4) is 0 Å². The Morgan fingerprint density at radius 2 is 2.00 bits per heavy atom. The van der Waals surface area contributed by atoms with Crippen molar-refractivity contribution in [1.29, 1.82) is 0 Å². The lowest BCUT2D eigenvalue weighted by Gasteiger charge is -2.12. The number of benzene rings is 1. The highest BCUT2D eigenvalue weighted by molar-refractivity contribution is 8.00. The first-order valence-corrected chi connectivity index (χ1v) is 8.73. The van der Waals surface area contributed by atoms with E-state index in [1.165, 1.54) is 31.4 Å². The second-order valence-corrected chi connectivity index (χ2v) is 7.55. The van der Waals surface area contributed by atoms with Gasteiger partial charge in [-0.1, -0.05) is 0 Å². The maximum absolute atomic E-state index is 11.8. The van der Waals surface area contributed by atoms with Crippen LogP contribution in [0.2, 0.25) is 0 Å². The SMILES string of the molecule is COCCS(=O)(=O)NC(=O)C(C)Sc1ccc([N+](=O)[O-])cc1. The zero-order chi connectivity index (χ0) is 16.8. The summed E-state index contributed by atoms with van der Waals surface area (Å²) in [6.07, 6.45) is 0. The van der Waals surface area contributed by atoms with Crippen molar-refractivity contribution >= 4 is 33.4 Å². The number of nitrogens with zero attached hydrogens (tertiary/aromatic N) is 1. The van der Waals surface area contributed by atoms with Gasteiger partial charge in [0, 0.05) is 24.1 Å². The summed E-state index contributed by atoms with van der Waals surface area (Å²) in [5.74, 6) is -0.955. The van der Waals surface area contributed by atoms with E-state index in [2.05, 4.69) is 4.74 Å². The van der Waals surface area contributed by atoms with Gasteiger partial charge in [-0.25, -0.2) is 8.42 Å². The quantitative estimate of drug-likeness (QED) is 0.426. The van der Waals surface area contributed by atoms with Gasteiger partial charge in [0.1, 0.15) is 0 Å². The molecule has 1 N–H and O–H groups in total. The molecule has 0 radical (unpaired) electrons. The Morgan fingerprint density at radius 1 is 1.41 bits per heavy atom. The Labute approximate surface area is 132 Å². The van der Waals surface area contributed by atoms with Gasteiger partial charge in [-0.2, -0.15) is 0 Å². The third-order valence-corrected chi connectivity index (χ3v) is 4.87. The number of hydrogen-bond donors (Lipinski definition) is 1. The number of carbonyl (C=O) groups is 1. The number of thioether (sulfide) groups is 1. The first kappa shape index (κ1) is 18.4. The summed E-state index contributed by atoms with van der Waals surface area (Å²) < 4.78 is 29.8. The Kier molecular flexibility index (Phi) is 6.78. The summed E-state index contributed by atoms with van der Waals surface area (Å²) in [6.45, 7) is 1.54. The molecule has 1 unspecified atom stereocenters. The van der Waals surface area contributed by atoms with Gasteiger partial charge in [0.25, 0.3) is 5.69 Å². The molecule has 122 valence electrons. The molecule has 0 heterocycles. The van der Waals surface area contributed by atoms with E-state index in [0.717, 1.165) is 11.8 Å². The van der Waals surface area contributed by atoms with Crippen LogP contribution in [0.15, 0.2) is 29.2 Å². The summed E-state index contributed by atoms with van der Waals surface area (Å²) in [7, 11) is -2.36. The van der Waals surface area contributed by atoms with Crippen LogP contribution in [0.1, 0.15) is 6.92 Å². The number of nitrogens with one attached hydrogen (secondary N) is 1. The van der Waals surface area contributed by atoms with E-state index < -0.39 is 26.1 Å². The molecule has 0 aliphatic carbocycles. The number of non-ortho nitro benzene ring substituents is 1. The van der Waals surface area contributed by atoms with Crippen molar-refractivity contribution in [3.05, 3.63) is 34.4 Å². The first-order valence-electron chi connectivity index (χ1n) is 6.19. The van der Waals surface area contributed by atoms with Gasteiger partial charge in [0.05, 0.1) is 22.5 Å². The fourth-order valence-electron chi connectivity index (χ4n) is 1.38. The third kappa shape index (κ3) is 6.00. The van der Waals surface area contributed by atoms with Crippen molar-refractivity contribution in [2.75, 3.05) is 19.5 Å². The number of methoxy groups -OCH3 is 1. The van der Waals surface area contributed by atoms with Crippen LogP contribution in [0.5, 0.6) is 0 Å². The molecule has 0 aliphatic heterocycles. The molecule has 1 rings (SSSR count). The van der Waals surface area contributed by atoms with E-state index in [4.69, 9.17) is 0 Å². The van der Waals surface area contributed by atoms with Gasteiger partial charge in [0.15, 0.2) is 0 Å².